The van der Waals surface area contributed by atoms with Gasteiger partial charge in [0.15, 0.2) is 0 Å². The Labute approximate surface area is 149 Å². The van der Waals surface area contributed by atoms with Crippen LogP contribution in [0, 0.1) is 9.39 Å². The molecule has 0 N–H and O–H groups in total. The molecule has 3 rings (SSSR count). The average Bonchev–Trinajstić information content (AvgIpc) is 2.50. The van der Waals surface area contributed by atoms with Gasteiger partial charge in [-0.25, -0.2) is 4.39 Å². The van der Waals surface area contributed by atoms with E-state index in [0.29, 0.717) is 10.4 Å². The Morgan fingerprint density at radius 1 is 0.952 bits per heavy atom. The minimum absolute atomic E-state index is 0.0337. The van der Waals surface area contributed by atoms with E-state index in [1.165, 1.54) is 6.07 Å². The highest BCUT2D eigenvalue weighted by molar-refractivity contribution is 14.1. The minimum atomic E-state index is -0.199. The Kier molecular flexibility index (Phi) is 4.52. The molecule has 0 fully saturated rings. The summed E-state index contributed by atoms with van der Waals surface area (Å²) < 4.78 is 15.1. The van der Waals surface area contributed by atoms with Gasteiger partial charge in [-0.15, -0.1) is 0 Å². The van der Waals surface area contributed by atoms with Gasteiger partial charge < -0.3 is 0 Å². The van der Waals surface area contributed by atoms with E-state index in [9.17, 15) is 4.39 Å². The van der Waals surface area contributed by atoms with Crippen molar-refractivity contribution in [3.63, 3.8) is 0 Å². The highest BCUT2D eigenvalue weighted by atomic mass is 127. The van der Waals surface area contributed by atoms with Gasteiger partial charge in [0.2, 0.25) is 0 Å². The molecule has 0 radical (unpaired) electrons. The molecule has 0 spiro atoms. The molecule has 0 aliphatic rings. The molecular weight excluding hydrogens is 465 g/mol. The molecule has 21 heavy (non-hydrogen) atoms. The molecule has 0 heterocycles. The fourth-order valence-corrected chi connectivity index (χ4v) is 4.42. The number of benzene rings is 3. The highest BCUT2D eigenvalue weighted by Gasteiger charge is 2.17. The second kappa shape index (κ2) is 6.23. The first kappa shape index (κ1) is 15.3. The van der Waals surface area contributed by atoms with Crippen LogP contribution in [-0.2, 0) is 0 Å². The molecule has 1 atom stereocenters. The van der Waals surface area contributed by atoms with Gasteiger partial charge in [-0.1, -0.05) is 57.9 Å². The van der Waals surface area contributed by atoms with Crippen molar-refractivity contribution >= 4 is 60.9 Å². The van der Waals surface area contributed by atoms with E-state index in [1.54, 1.807) is 6.07 Å². The number of halogens is 4. The zero-order chi connectivity index (χ0) is 15.0. The Balaban J connectivity index is 2.20. The van der Waals surface area contributed by atoms with E-state index >= 15 is 0 Å². The molecule has 0 saturated carbocycles. The molecule has 0 amide bonds. The van der Waals surface area contributed by atoms with Crippen LogP contribution in [0.5, 0.6) is 0 Å². The lowest BCUT2D eigenvalue weighted by Crippen LogP contribution is -1.98. The van der Waals surface area contributed by atoms with E-state index in [4.69, 9.17) is 11.6 Å². The van der Waals surface area contributed by atoms with E-state index < -0.39 is 0 Å². The summed E-state index contributed by atoms with van der Waals surface area (Å²) in [5, 5.41) is 2.24. The molecule has 3 aromatic carbocycles. The van der Waals surface area contributed by atoms with Crippen LogP contribution in [0.15, 0.2) is 54.6 Å². The zero-order valence-electron chi connectivity index (χ0n) is 10.8. The van der Waals surface area contributed by atoms with Crippen molar-refractivity contribution in [3.05, 3.63) is 80.1 Å². The van der Waals surface area contributed by atoms with Crippen molar-refractivity contribution in [2.75, 3.05) is 0 Å². The van der Waals surface area contributed by atoms with Crippen LogP contribution in [0.2, 0.25) is 5.02 Å². The summed E-state index contributed by atoms with van der Waals surface area (Å²) in [6.07, 6.45) is 0. The van der Waals surface area contributed by atoms with Gasteiger partial charge in [0, 0.05) is 14.0 Å². The van der Waals surface area contributed by atoms with Crippen LogP contribution in [0.4, 0.5) is 4.39 Å². The fraction of sp³-hybridized carbons (Fsp3) is 0.0588. The monoisotopic (exact) mass is 474 g/mol. The summed E-state index contributed by atoms with van der Waals surface area (Å²) in [6.45, 7) is 0. The van der Waals surface area contributed by atoms with Crippen molar-refractivity contribution in [2.45, 2.75) is 4.83 Å². The van der Waals surface area contributed by atoms with Crippen LogP contribution in [0.1, 0.15) is 16.0 Å². The van der Waals surface area contributed by atoms with Gasteiger partial charge in [0.1, 0.15) is 5.82 Å². The average molecular weight is 476 g/mol. The maximum Gasteiger partial charge on any atom is 0.131 e. The van der Waals surface area contributed by atoms with Gasteiger partial charge in [-0.05, 0) is 63.4 Å². The summed E-state index contributed by atoms with van der Waals surface area (Å²) in [6, 6.07) is 16.7. The number of rotatable bonds is 2. The lowest BCUT2D eigenvalue weighted by atomic mass is 9.98. The quantitative estimate of drug-likeness (QED) is 0.285. The first-order valence-electron chi connectivity index (χ1n) is 6.34. The highest BCUT2D eigenvalue weighted by Crippen LogP contribution is 2.38. The minimum Gasteiger partial charge on any atom is -0.206 e. The topological polar surface area (TPSA) is 0 Å². The van der Waals surface area contributed by atoms with Crippen LogP contribution in [0.3, 0.4) is 0 Å². The van der Waals surface area contributed by atoms with E-state index in [2.05, 4.69) is 38.5 Å². The Bertz CT molecular complexity index is 819. The van der Waals surface area contributed by atoms with E-state index in [-0.39, 0.29) is 10.6 Å². The zero-order valence-corrected chi connectivity index (χ0v) is 15.3. The molecule has 1 unspecified atom stereocenters. The van der Waals surface area contributed by atoms with Crippen molar-refractivity contribution in [2.24, 2.45) is 0 Å². The molecule has 0 bridgehead atoms. The molecule has 4 heteroatoms. The Morgan fingerprint density at radius 3 is 2.43 bits per heavy atom. The van der Waals surface area contributed by atoms with Crippen molar-refractivity contribution in [3.8, 4) is 0 Å². The standard InChI is InChI=1S/C17H10BrClFI/c18-17(14-9-10(19)5-8-16(14)21)13-6-7-15(20)12-4-2-1-3-11(12)13/h1-9,17H. The third-order valence-electron chi connectivity index (χ3n) is 3.41. The molecule has 0 saturated heterocycles. The van der Waals surface area contributed by atoms with Gasteiger partial charge in [0.25, 0.3) is 0 Å². The third-order valence-corrected chi connectivity index (χ3v) is 5.61. The SMILES string of the molecule is Fc1ccc(C(Br)c2cc(Cl)ccc2I)c2ccccc12. The molecular formula is C17H10BrClFI. The lowest BCUT2D eigenvalue weighted by molar-refractivity contribution is 0.639. The third kappa shape index (κ3) is 2.96. The molecule has 106 valence electrons. The number of hydrogen-bond acceptors (Lipinski definition) is 0. The fourth-order valence-electron chi connectivity index (χ4n) is 2.38. The summed E-state index contributed by atoms with van der Waals surface area (Å²) in [5.74, 6) is -0.199. The van der Waals surface area contributed by atoms with Crippen molar-refractivity contribution in [1.29, 1.82) is 0 Å². The van der Waals surface area contributed by atoms with Gasteiger partial charge in [0.05, 0.1) is 4.83 Å². The summed E-state index contributed by atoms with van der Waals surface area (Å²) in [7, 11) is 0. The second-order valence-corrected chi connectivity index (χ2v) is 7.22. The molecule has 3 aromatic rings. The second-order valence-electron chi connectivity index (χ2n) is 4.71. The maximum atomic E-state index is 13.9. The number of alkyl halides is 1. The summed E-state index contributed by atoms with van der Waals surface area (Å²) >= 11 is 12.1. The first-order chi connectivity index (χ1) is 10.1. The van der Waals surface area contributed by atoms with Crippen LogP contribution in [0.25, 0.3) is 10.8 Å². The summed E-state index contributed by atoms with van der Waals surface area (Å²) in [4.78, 5) is -0.0337. The Hall–Kier alpha value is -0.650. The van der Waals surface area contributed by atoms with Crippen LogP contribution in [-0.4, -0.2) is 0 Å². The predicted molar refractivity (Wildman–Crippen MR) is 98.8 cm³/mol. The maximum absolute atomic E-state index is 13.9. The predicted octanol–water partition coefficient (Wildman–Crippen LogP) is 6.72. The largest absolute Gasteiger partial charge is 0.206 e. The van der Waals surface area contributed by atoms with Gasteiger partial charge >= 0.3 is 0 Å². The molecule has 0 aliphatic heterocycles. The normalized spacial score (nSPS) is 12.6. The number of fused-ring (bicyclic) bond motifs is 1. The molecule has 0 aromatic heterocycles. The van der Waals surface area contributed by atoms with Crippen molar-refractivity contribution < 1.29 is 4.39 Å². The lowest BCUT2D eigenvalue weighted by Gasteiger charge is -2.16. The first-order valence-corrected chi connectivity index (χ1v) is 8.71. The summed E-state index contributed by atoms with van der Waals surface area (Å²) in [5.41, 5.74) is 2.12. The van der Waals surface area contributed by atoms with Crippen LogP contribution < -0.4 is 0 Å². The van der Waals surface area contributed by atoms with Crippen molar-refractivity contribution in [1.82, 2.24) is 0 Å². The molecule has 0 aliphatic carbocycles. The van der Waals surface area contributed by atoms with E-state index in [1.807, 2.05) is 42.5 Å². The smallest absolute Gasteiger partial charge is 0.131 e. The van der Waals surface area contributed by atoms with Crippen LogP contribution >= 0.6 is 50.1 Å². The van der Waals surface area contributed by atoms with E-state index in [0.717, 1.165) is 20.1 Å². The molecule has 0 nitrogen and oxygen atoms in total. The van der Waals surface area contributed by atoms with Gasteiger partial charge in [-0.2, -0.15) is 0 Å². The number of hydrogen-bond donors (Lipinski definition) is 0. The van der Waals surface area contributed by atoms with Gasteiger partial charge in [-0.3, -0.25) is 0 Å². The Morgan fingerprint density at radius 2 is 1.67 bits per heavy atom.